The smallest absolute Gasteiger partial charge is 0.164 e. The van der Waals surface area contributed by atoms with Crippen molar-refractivity contribution in [3.63, 3.8) is 0 Å². The van der Waals surface area contributed by atoms with E-state index in [0.717, 1.165) is 44.6 Å². The topological polar surface area (TPSA) is 50.7 Å². The Kier molecular flexibility index (Phi) is 8.53. The van der Waals surface area contributed by atoms with Crippen molar-refractivity contribution in [1.29, 1.82) is 0 Å². The molecule has 0 fully saturated rings. The van der Waals surface area contributed by atoms with Crippen LogP contribution in [-0.4, -0.2) is 21.0 Å². The average Bonchev–Trinajstić information content (AvgIpc) is 3.35. The summed E-state index contributed by atoms with van der Waals surface area (Å²) in [6.07, 6.45) is 8.74. The minimum absolute atomic E-state index is 0.0984. The van der Waals surface area contributed by atoms with Crippen LogP contribution in [0.3, 0.4) is 0 Å². The zero-order valence-electron chi connectivity index (χ0n) is 33.7. The second-order valence-corrected chi connectivity index (χ2v) is 16.0. The largest absolute Gasteiger partial charge is 0.374 e. The summed E-state index contributed by atoms with van der Waals surface area (Å²) in [5, 5.41) is 13.6. The van der Waals surface area contributed by atoms with E-state index in [2.05, 4.69) is 187 Å². The zero-order valence-corrected chi connectivity index (χ0v) is 33.7. The van der Waals surface area contributed by atoms with Crippen LogP contribution >= 0.6 is 0 Å². The van der Waals surface area contributed by atoms with Crippen LogP contribution in [0.25, 0.3) is 100 Å². The molecule has 2 aliphatic rings. The van der Waals surface area contributed by atoms with Crippen LogP contribution < -0.4 is 15.8 Å². The number of benzene rings is 9. The van der Waals surface area contributed by atoms with Gasteiger partial charge in [-0.2, -0.15) is 0 Å². The summed E-state index contributed by atoms with van der Waals surface area (Å²) in [6.45, 7) is 0. The number of hydrogen-bond donors (Lipinski definition) is 1. The summed E-state index contributed by atoms with van der Waals surface area (Å²) in [7, 11) is 0. The van der Waals surface area contributed by atoms with E-state index < -0.39 is 0 Å². The Morgan fingerprint density at radius 3 is 1.60 bits per heavy atom. The van der Waals surface area contributed by atoms with E-state index in [1.54, 1.807) is 0 Å². The van der Waals surface area contributed by atoms with Gasteiger partial charge in [-0.15, -0.1) is 0 Å². The standard InChI is InChI=1S/C58H38N4/c1-3-17-37(18-4-1)56-60-57(38-19-5-2-6-20-38)62-58(61-56)42-34-40(33-41(35-42)53-36-39-21-7-8-22-43(39)45-23-9-10-24-48(45)53)44-28-15-30-47-46(44)29-16-31-52(47)55-51-27-12-11-25-49(51)50-26-13-14-32-54(50)59-55/h1-36,54,59H. The number of nitrogens with zero attached hydrogens (tertiary/aromatic N) is 3. The molecule has 290 valence electrons. The van der Waals surface area contributed by atoms with Gasteiger partial charge in [-0.3, -0.25) is 0 Å². The molecular weight excluding hydrogens is 753 g/mol. The molecule has 0 radical (unpaired) electrons. The van der Waals surface area contributed by atoms with Crippen molar-refractivity contribution < 1.29 is 0 Å². The Morgan fingerprint density at radius 1 is 0.355 bits per heavy atom. The molecule has 9 aromatic carbocycles. The molecule has 4 nitrogen and oxygen atoms in total. The van der Waals surface area contributed by atoms with Gasteiger partial charge in [-0.25, -0.2) is 15.0 Å². The predicted octanol–water partition coefficient (Wildman–Crippen LogP) is 12.1. The van der Waals surface area contributed by atoms with Gasteiger partial charge in [0, 0.05) is 27.5 Å². The van der Waals surface area contributed by atoms with Crippen molar-refractivity contribution in [2.75, 3.05) is 0 Å². The van der Waals surface area contributed by atoms with Gasteiger partial charge in [0.05, 0.1) is 11.7 Å². The summed E-state index contributed by atoms with van der Waals surface area (Å²) < 4.78 is 0. The first-order valence-corrected chi connectivity index (χ1v) is 21.1. The Labute approximate surface area is 359 Å². The highest BCUT2D eigenvalue weighted by molar-refractivity contribution is 6.14. The molecule has 4 heteroatoms. The Balaban J connectivity index is 1.13. The highest BCUT2D eigenvalue weighted by atomic mass is 15.0. The lowest BCUT2D eigenvalue weighted by Crippen LogP contribution is -2.45. The highest BCUT2D eigenvalue weighted by Gasteiger charge is 2.22. The summed E-state index contributed by atoms with van der Waals surface area (Å²) in [4.78, 5) is 15.5. The van der Waals surface area contributed by atoms with Gasteiger partial charge >= 0.3 is 0 Å². The molecule has 1 aromatic heterocycles. The van der Waals surface area contributed by atoms with E-state index in [1.807, 2.05) is 36.4 Å². The SMILES string of the molecule is C1=CC2=c3ccccc3=C(c3cccc4c(-c5cc(-c6nc(-c7ccccc7)nc(-c7ccccc7)n6)cc(-c6cc7ccccc7c7ccccc67)c5)cccc34)NC2C=C1. The van der Waals surface area contributed by atoms with Gasteiger partial charge in [0.1, 0.15) is 0 Å². The molecule has 0 saturated carbocycles. The molecule has 1 aliphatic carbocycles. The molecule has 10 aromatic rings. The van der Waals surface area contributed by atoms with Crippen molar-refractivity contribution in [1.82, 2.24) is 20.3 Å². The van der Waals surface area contributed by atoms with Gasteiger partial charge in [-0.1, -0.05) is 194 Å². The number of aromatic nitrogens is 3. The third kappa shape index (κ3) is 6.12. The minimum atomic E-state index is 0.0984. The lowest BCUT2D eigenvalue weighted by Gasteiger charge is -2.27. The maximum Gasteiger partial charge on any atom is 0.164 e. The fourth-order valence-electron chi connectivity index (χ4n) is 9.41. The number of nitrogens with one attached hydrogen (secondary N) is 1. The summed E-state index contributed by atoms with van der Waals surface area (Å²) in [5.41, 5.74) is 10.9. The van der Waals surface area contributed by atoms with Crippen molar-refractivity contribution in [3.05, 3.63) is 234 Å². The van der Waals surface area contributed by atoms with Crippen LogP contribution in [0.5, 0.6) is 0 Å². The van der Waals surface area contributed by atoms with Gasteiger partial charge in [0.15, 0.2) is 17.5 Å². The molecule has 2 heterocycles. The second-order valence-electron chi connectivity index (χ2n) is 16.0. The first-order valence-electron chi connectivity index (χ1n) is 21.1. The third-order valence-corrected chi connectivity index (χ3v) is 12.3. The first-order chi connectivity index (χ1) is 30.7. The van der Waals surface area contributed by atoms with Crippen LogP contribution in [0.4, 0.5) is 0 Å². The van der Waals surface area contributed by atoms with Gasteiger partial charge in [0.25, 0.3) is 0 Å². The van der Waals surface area contributed by atoms with E-state index in [9.17, 15) is 0 Å². The quantitative estimate of drug-likeness (QED) is 0.170. The van der Waals surface area contributed by atoms with Gasteiger partial charge in [-0.05, 0) is 89.6 Å². The van der Waals surface area contributed by atoms with Crippen LogP contribution in [0.1, 0.15) is 5.56 Å². The van der Waals surface area contributed by atoms with E-state index in [1.165, 1.54) is 53.9 Å². The zero-order chi connectivity index (χ0) is 41.0. The fourth-order valence-corrected chi connectivity index (χ4v) is 9.41. The Morgan fingerprint density at radius 2 is 0.871 bits per heavy atom. The number of hydrogen-bond acceptors (Lipinski definition) is 4. The normalized spacial score (nSPS) is 14.2. The van der Waals surface area contributed by atoms with Crippen LogP contribution in [0.15, 0.2) is 218 Å². The molecule has 0 spiro atoms. The number of allylic oxidation sites excluding steroid dienone is 2. The predicted molar refractivity (Wildman–Crippen MR) is 256 cm³/mol. The lowest BCUT2D eigenvalue weighted by molar-refractivity contribution is 0.852. The molecule has 0 amide bonds. The molecule has 0 bridgehead atoms. The summed E-state index contributed by atoms with van der Waals surface area (Å²) in [6, 6.07) is 69.2. The van der Waals surface area contributed by atoms with E-state index in [0.29, 0.717) is 17.5 Å². The van der Waals surface area contributed by atoms with Crippen molar-refractivity contribution >= 4 is 43.6 Å². The Bertz CT molecular complexity index is 3550. The maximum atomic E-state index is 5.23. The van der Waals surface area contributed by atoms with Gasteiger partial charge in [0.2, 0.25) is 0 Å². The highest BCUT2D eigenvalue weighted by Crippen LogP contribution is 2.41. The molecule has 62 heavy (non-hydrogen) atoms. The average molecular weight is 791 g/mol. The Hall–Kier alpha value is -8.21. The van der Waals surface area contributed by atoms with E-state index in [4.69, 9.17) is 15.0 Å². The third-order valence-electron chi connectivity index (χ3n) is 12.3. The maximum absolute atomic E-state index is 5.23. The monoisotopic (exact) mass is 790 g/mol. The molecule has 1 atom stereocenters. The fraction of sp³-hybridized carbons (Fsp3) is 0.0172. The molecule has 1 aliphatic heterocycles. The van der Waals surface area contributed by atoms with E-state index in [-0.39, 0.29) is 6.04 Å². The minimum Gasteiger partial charge on any atom is -0.374 e. The number of fused-ring (bicyclic) bond motifs is 6. The molecular formula is C58H38N4. The lowest BCUT2D eigenvalue weighted by atomic mass is 9.88. The van der Waals surface area contributed by atoms with Crippen LogP contribution in [0.2, 0.25) is 0 Å². The van der Waals surface area contributed by atoms with Crippen molar-refractivity contribution in [2.45, 2.75) is 6.04 Å². The van der Waals surface area contributed by atoms with Crippen molar-refractivity contribution in [3.8, 4) is 56.4 Å². The first kappa shape index (κ1) is 35.7. The van der Waals surface area contributed by atoms with Crippen LogP contribution in [-0.2, 0) is 0 Å². The molecule has 1 unspecified atom stereocenters. The molecule has 1 N–H and O–H groups in total. The van der Waals surface area contributed by atoms with Gasteiger partial charge < -0.3 is 5.32 Å². The van der Waals surface area contributed by atoms with Crippen molar-refractivity contribution in [2.24, 2.45) is 0 Å². The second kappa shape index (κ2) is 14.8. The van der Waals surface area contributed by atoms with Crippen LogP contribution in [0, 0.1) is 0 Å². The summed E-state index contributed by atoms with van der Waals surface area (Å²) in [5.74, 6) is 1.88. The van der Waals surface area contributed by atoms with E-state index >= 15 is 0 Å². The molecule has 12 rings (SSSR count). The summed E-state index contributed by atoms with van der Waals surface area (Å²) >= 11 is 0. The number of rotatable bonds is 6. The molecule has 0 saturated heterocycles.